The van der Waals surface area contributed by atoms with Crippen LogP contribution < -0.4 is 14.4 Å². The number of hydrogen-bond acceptors (Lipinski definition) is 5. The average molecular weight is 277 g/mol. The van der Waals surface area contributed by atoms with Crippen LogP contribution in [0, 0.1) is 0 Å². The number of esters is 1. The topological polar surface area (TPSA) is 48.0 Å². The lowest BCUT2D eigenvalue weighted by Crippen LogP contribution is -2.24. The minimum absolute atomic E-state index is 0.350. The van der Waals surface area contributed by atoms with Crippen molar-refractivity contribution in [2.45, 2.75) is 19.8 Å². The average Bonchev–Trinajstić information content (AvgIpc) is 3.00. The van der Waals surface area contributed by atoms with Gasteiger partial charge in [-0.3, -0.25) is 0 Å². The Morgan fingerprint density at radius 3 is 2.60 bits per heavy atom. The van der Waals surface area contributed by atoms with Gasteiger partial charge in [0.15, 0.2) is 11.5 Å². The van der Waals surface area contributed by atoms with Gasteiger partial charge in [-0.1, -0.05) is 0 Å². The summed E-state index contributed by atoms with van der Waals surface area (Å²) in [6, 6.07) is 3.71. The molecule has 5 heteroatoms. The lowest BCUT2D eigenvalue weighted by molar-refractivity contribution is 0.0516. The van der Waals surface area contributed by atoms with Gasteiger partial charge in [-0.15, -0.1) is 0 Å². The molecule has 0 saturated carbocycles. The second kappa shape index (κ2) is 5.61. The molecule has 0 unspecified atom stereocenters. The van der Waals surface area contributed by atoms with Crippen LogP contribution in [0.1, 0.15) is 30.1 Å². The lowest BCUT2D eigenvalue weighted by atomic mass is 10.1. The Hall–Kier alpha value is -1.91. The van der Waals surface area contributed by atoms with E-state index in [2.05, 4.69) is 4.90 Å². The molecule has 0 aromatic heterocycles. The first kappa shape index (κ1) is 13.1. The number of hydrogen-bond donors (Lipinski definition) is 0. The van der Waals surface area contributed by atoms with Crippen molar-refractivity contribution in [3.05, 3.63) is 17.7 Å². The summed E-state index contributed by atoms with van der Waals surface area (Å²) in [5, 5.41) is 0. The van der Waals surface area contributed by atoms with Crippen molar-refractivity contribution in [3.8, 4) is 11.5 Å². The summed E-state index contributed by atoms with van der Waals surface area (Å²) in [7, 11) is 0. The Labute approximate surface area is 118 Å². The van der Waals surface area contributed by atoms with Crippen LogP contribution in [-0.4, -0.2) is 38.9 Å². The Balaban J connectivity index is 2.00. The smallest absolute Gasteiger partial charge is 0.342 e. The Bertz CT molecular complexity index is 509. The van der Waals surface area contributed by atoms with Crippen molar-refractivity contribution in [3.63, 3.8) is 0 Å². The van der Waals surface area contributed by atoms with E-state index >= 15 is 0 Å². The summed E-state index contributed by atoms with van der Waals surface area (Å²) in [5.41, 5.74) is 1.47. The van der Waals surface area contributed by atoms with E-state index in [-0.39, 0.29) is 5.97 Å². The molecule has 0 radical (unpaired) electrons. The van der Waals surface area contributed by atoms with Crippen molar-refractivity contribution >= 4 is 11.7 Å². The van der Waals surface area contributed by atoms with E-state index in [0.717, 1.165) is 18.8 Å². The van der Waals surface area contributed by atoms with Gasteiger partial charge < -0.3 is 19.1 Å². The highest BCUT2D eigenvalue weighted by atomic mass is 16.6. The van der Waals surface area contributed by atoms with Crippen molar-refractivity contribution < 1.29 is 19.0 Å². The first-order chi connectivity index (χ1) is 9.81. The van der Waals surface area contributed by atoms with Gasteiger partial charge in [0.2, 0.25) is 0 Å². The van der Waals surface area contributed by atoms with Crippen LogP contribution in [0.4, 0.5) is 5.69 Å². The van der Waals surface area contributed by atoms with Crippen LogP contribution >= 0.6 is 0 Å². The van der Waals surface area contributed by atoms with E-state index in [1.165, 1.54) is 12.8 Å². The number of carbonyl (C=O) groups is 1. The molecule has 20 heavy (non-hydrogen) atoms. The number of rotatable bonds is 3. The van der Waals surface area contributed by atoms with Crippen molar-refractivity contribution in [2.24, 2.45) is 0 Å². The van der Waals surface area contributed by atoms with Gasteiger partial charge in [-0.05, 0) is 31.9 Å². The van der Waals surface area contributed by atoms with Crippen LogP contribution in [-0.2, 0) is 4.74 Å². The third-order valence-corrected chi connectivity index (χ3v) is 3.61. The predicted molar refractivity (Wildman–Crippen MR) is 74.8 cm³/mol. The molecule has 0 amide bonds. The highest BCUT2D eigenvalue weighted by Crippen LogP contribution is 2.43. The molecule has 1 aromatic carbocycles. The number of nitrogens with zero attached hydrogens (tertiary/aromatic N) is 1. The molecule has 1 aromatic rings. The number of fused-ring (bicyclic) bond motifs is 1. The fourth-order valence-electron chi connectivity index (χ4n) is 2.70. The molecule has 3 rings (SSSR count). The molecule has 1 saturated heterocycles. The van der Waals surface area contributed by atoms with E-state index in [9.17, 15) is 4.79 Å². The standard InChI is InChI=1S/C15H19NO4/c1-2-18-15(17)11-5-6-12(16-7-3-4-8-16)14-13(11)19-9-10-20-14/h5-6H,2-4,7-10H2,1H3. The van der Waals surface area contributed by atoms with Gasteiger partial charge in [-0.25, -0.2) is 4.79 Å². The van der Waals surface area contributed by atoms with E-state index < -0.39 is 0 Å². The summed E-state index contributed by atoms with van der Waals surface area (Å²) < 4.78 is 16.5. The maximum Gasteiger partial charge on any atom is 0.342 e. The SMILES string of the molecule is CCOC(=O)c1ccc(N2CCCC2)c2c1OCCO2. The number of anilines is 1. The molecule has 108 valence electrons. The maximum absolute atomic E-state index is 12.0. The monoisotopic (exact) mass is 277 g/mol. The maximum atomic E-state index is 12.0. The highest BCUT2D eigenvalue weighted by Gasteiger charge is 2.27. The number of benzene rings is 1. The van der Waals surface area contributed by atoms with Crippen LogP contribution in [0.3, 0.4) is 0 Å². The second-order valence-corrected chi connectivity index (χ2v) is 4.90. The van der Waals surface area contributed by atoms with Crippen LogP contribution in [0.25, 0.3) is 0 Å². The highest BCUT2D eigenvalue weighted by molar-refractivity contribution is 5.95. The summed E-state index contributed by atoms with van der Waals surface area (Å²) in [6.07, 6.45) is 2.38. The lowest BCUT2D eigenvalue weighted by Gasteiger charge is -2.27. The molecule has 0 N–H and O–H groups in total. The van der Waals surface area contributed by atoms with Gasteiger partial charge in [0.05, 0.1) is 12.3 Å². The molecule has 2 heterocycles. The molecule has 5 nitrogen and oxygen atoms in total. The zero-order valence-electron chi connectivity index (χ0n) is 11.7. The van der Waals surface area contributed by atoms with E-state index in [1.807, 2.05) is 6.07 Å². The minimum Gasteiger partial charge on any atom is -0.485 e. The molecule has 0 atom stereocenters. The molecule has 0 bridgehead atoms. The second-order valence-electron chi connectivity index (χ2n) is 4.90. The van der Waals surface area contributed by atoms with Crippen molar-refractivity contribution in [2.75, 3.05) is 37.8 Å². The summed E-state index contributed by atoms with van der Waals surface area (Å²) in [4.78, 5) is 14.3. The van der Waals surface area contributed by atoms with Gasteiger partial charge in [-0.2, -0.15) is 0 Å². The third kappa shape index (κ3) is 2.28. The third-order valence-electron chi connectivity index (χ3n) is 3.61. The van der Waals surface area contributed by atoms with Gasteiger partial charge in [0, 0.05) is 13.1 Å². The normalized spacial score (nSPS) is 17.1. The Morgan fingerprint density at radius 2 is 1.90 bits per heavy atom. The van der Waals surface area contributed by atoms with Crippen LogP contribution in [0.5, 0.6) is 11.5 Å². The van der Waals surface area contributed by atoms with Crippen LogP contribution in [0.15, 0.2) is 12.1 Å². The van der Waals surface area contributed by atoms with Crippen LogP contribution in [0.2, 0.25) is 0 Å². The number of carbonyl (C=O) groups excluding carboxylic acids is 1. The first-order valence-corrected chi connectivity index (χ1v) is 7.16. The zero-order valence-corrected chi connectivity index (χ0v) is 11.7. The molecule has 2 aliphatic rings. The van der Waals surface area contributed by atoms with Gasteiger partial charge in [0.25, 0.3) is 0 Å². The van der Waals surface area contributed by atoms with Crippen molar-refractivity contribution in [1.82, 2.24) is 0 Å². The summed E-state index contributed by atoms with van der Waals surface area (Å²) in [5.74, 6) is 0.852. The molecule has 1 fully saturated rings. The summed E-state index contributed by atoms with van der Waals surface area (Å²) in [6.45, 7) is 5.16. The molecular formula is C15H19NO4. The summed E-state index contributed by atoms with van der Waals surface area (Å²) >= 11 is 0. The Kier molecular flexibility index (Phi) is 3.67. The van der Waals surface area contributed by atoms with Gasteiger partial charge >= 0.3 is 5.97 Å². The van der Waals surface area contributed by atoms with E-state index in [0.29, 0.717) is 36.9 Å². The quantitative estimate of drug-likeness (QED) is 0.793. The van der Waals surface area contributed by atoms with Gasteiger partial charge in [0.1, 0.15) is 18.8 Å². The fraction of sp³-hybridized carbons (Fsp3) is 0.533. The van der Waals surface area contributed by atoms with E-state index in [1.54, 1.807) is 13.0 Å². The fourth-order valence-corrected chi connectivity index (χ4v) is 2.70. The van der Waals surface area contributed by atoms with E-state index in [4.69, 9.17) is 14.2 Å². The first-order valence-electron chi connectivity index (χ1n) is 7.16. The Morgan fingerprint density at radius 1 is 1.20 bits per heavy atom. The minimum atomic E-state index is -0.359. The molecular weight excluding hydrogens is 258 g/mol. The largest absolute Gasteiger partial charge is 0.485 e. The van der Waals surface area contributed by atoms with Crippen molar-refractivity contribution in [1.29, 1.82) is 0 Å². The predicted octanol–water partition coefficient (Wildman–Crippen LogP) is 2.23. The zero-order chi connectivity index (χ0) is 13.9. The molecule has 2 aliphatic heterocycles. The molecule has 0 spiro atoms. The number of ether oxygens (including phenoxy) is 3. The molecule has 0 aliphatic carbocycles.